The summed E-state index contributed by atoms with van der Waals surface area (Å²) in [5.41, 5.74) is 0. The zero-order valence-electron chi connectivity index (χ0n) is 5.29. The lowest BCUT2D eigenvalue weighted by atomic mass is 10.2. The topological polar surface area (TPSA) is 65.5 Å². The second-order valence-corrected chi connectivity index (χ2v) is 2.35. The summed E-state index contributed by atoms with van der Waals surface area (Å²) in [7, 11) is 0. The van der Waals surface area contributed by atoms with E-state index < -0.39 is 0 Å². The number of hydrogen-bond donors (Lipinski definition) is 3. The van der Waals surface area contributed by atoms with Gasteiger partial charge in [0.2, 0.25) is 0 Å². The quantitative estimate of drug-likeness (QED) is 0.388. The summed E-state index contributed by atoms with van der Waals surface area (Å²) in [6.07, 6.45) is 1.57. The van der Waals surface area contributed by atoms with Crippen LogP contribution in [-0.2, 0) is 0 Å². The molecule has 2 atom stereocenters. The lowest BCUT2D eigenvalue weighted by Gasteiger charge is -2.25. The van der Waals surface area contributed by atoms with Gasteiger partial charge in [-0.3, -0.25) is 0 Å². The Kier molecular flexibility index (Phi) is 1.03. The first-order valence-corrected chi connectivity index (χ1v) is 3.18. The van der Waals surface area contributed by atoms with Gasteiger partial charge in [-0.15, -0.1) is 0 Å². The summed E-state index contributed by atoms with van der Waals surface area (Å²) in [5.74, 6) is 0. The van der Waals surface area contributed by atoms with Crippen LogP contribution in [0.5, 0.6) is 0 Å². The first-order chi connectivity index (χ1) is 4.86. The molecular formula is C5H8N4O. The number of nitrogens with zero attached hydrogens (tertiary/aromatic N) is 1. The van der Waals surface area contributed by atoms with Gasteiger partial charge in [0.15, 0.2) is 0 Å². The minimum atomic E-state index is -0.137. The summed E-state index contributed by atoms with van der Waals surface area (Å²) in [6, 6.07) is 0.0970. The van der Waals surface area contributed by atoms with E-state index in [9.17, 15) is 4.79 Å². The van der Waals surface area contributed by atoms with E-state index in [-0.39, 0.29) is 18.2 Å². The van der Waals surface area contributed by atoms with Crippen LogP contribution >= 0.6 is 0 Å². The van der Waals surface area contributed by atoms with Gasteiger partial charge in [0.1, 0.15) is 6.17 Å². The van der Waals surface area contributed by atoms with E-state index in [1.807, 2.05) is 0 Å². The van der Waals surface area contributed by atoms with Crippen LogP contribution in [0.25, 0.3) is 0 Å². The van der Waals surface area contributed by atoms with Crippen molar-refractivity contribution in [2.24, 2.45) is 4.99 Å². The van der Waals surface area contributed by atoms with Crippen LogP contribution in [0.1, 0.15) is 0 Å². The maximum absolute atomic E-state index is 10.7. The van der Waals surface area contributed by atoms with Gasteiger partial charge in [-0.2, -0.15) is 0 Å². The van der Waals surface area contributed by atoms with Gasteiger partial charge in [-0.25, -0.2) is 9.79 Å². The van der Waals surface area contributed by atoms with Crippen molar-refractivity contribution in [1.82, 2.24) is 16.0 Å². The van der Waals surface area contributed by atoms with Crippen molar-refractivity contribution in [3.63, 3.8) is 0 Å². The largest absolute Gasteiger partial charge is 0.368 e. The highest BCUT2D eigenvalue weighted by Crippen LogP contribution is 2.02. The Labute approximate surface area is 57.9 Å². The molecule has 3 N–H and O–H groups in total. The van der Waals surface area contributed by atoms with Crippen molar-refractivity contribution in [3.8, 4) is 0 Å². The van der Waals surface area contributed by atoms with Crippen molar-refractivity contribution < 1.29 is 4.79 Å². The Bertz CT molecular complexity index is 190. The highest BCUT2D eigenvalue weighted by Gasteiger charge is 2.29. The zero-order valence-corrected chi connectivity index (χ0v) is 5.29. The Hall–Kier alpha value is -1.26. The van der Waals surface area contributed by atoms with Crippen LogP contribution in [0, 0.1) is 0 Å². The Morgan fingerprint density at radius 3 is 3.50 bits per heavy atom. The predicted molar refractivity (Wildman–Crippen MR) is 35.7 cm³/mol. The number of aliphatic imine (C=N–C) groups is 1. The second-order valence-electron chi connectivity index (χ2n) is 2.35. The molecule has 5 nitrogen and oxygen atoms in total. The fraction of sp³-hybridized carbons (Fsp3) is 0.600. The molecule has 2 aliphatic rings. The molecule has 0 aromatic heterocycles. The number of hydrogen-bond acceptors (Lipinski definition) is 3. The maximum atomic E-state index is 10.7. The molecule has 10 heavy (non-hydrogen) atoms. The van der Waals surface area contributed by atoms with Crippen LogP contribution in [0.3, 0.4) is 0 Å². The van der Waals surface area contributed by atoms with Crippen LogP contribution in [0.4, 0.5) is 4.79 Å². The first kappa shape index (κ1) is 5.52. The summed E-state index contributed by atoms with van der Waals surface area (Å²) in [6.45, 7) is 0.649. The van der Waals surface area contributed by atoms with Crippen LogP contribution in [0.15, 0.2) is 4.99 Å². The number of nitrogens with one attached hydrogen (secondary N) is 3. The number of rotatable bonds is 0. The van der Waals surface area contributed by atoms with E-state index in [4.69, 9.17) is 0 Å². The van der Waals surface area contributed by atoms with Crippen molar-refractivity contribution in [3.05, 3.63) is 0 Å². The number of amides is 2. The molecule has 2 amide bonds. The van der Waals surface area contributed by atoms with Gasteiger partial charge in [-0.1, -0.05) is 0 Å². The van der Waals surface area contributed by atoms with E-state index >= 15 is 0 Å². The molecule has 0 saturated carbocycles. The third-order valence-electron chi connectivity index (χ3n) is 1.67. The van der Waals surface area contributed by atoms with Gasteiger partial charge in [-0.05, 0) is 0 Å². The average Bonchev–Trinajstić information content (AvgIpc) is 2.33. The molecule has 54 valence electrons. The fourth-order valence-electron chi connectivity index (χ4n) is 1.11. The summed E-state index contributed by atoms with van der Waals surface area (Å²) >= 11 is 0. The van der Waals surface area contributed by atoms with Gasteiger partial charge in [0.05, 0.1) is 12.4 Å². The minimum absolute atomic E-state index is 0.0613. The van der Waals surface area contributed by atoms with Gasteiger partial charge in [0.25, 0.3) is 0 Å². The lowest BCUT2D eigenvalue weighted by molar-refractivity contribution is 0.225. The van der Waals surface area contributed by atoms with Crippen molar-refractivity contribution in [1.29, 1.82) is 0 Å². The Balaban J connectivity index is 2.08. The highest BCUT2D eigenvalue weighted by atomic mass is 16.2. The number of fused-ring (bicyclic) bond motifs is 1. The van der Waals surface area contributed by atoms with E-state index in [1.165, 1.54) is 0 Å². The SMILES string of the molecule is O=C1NCC2NC=NC2N1. The highest BCUT2D eigenvalue weighted by molar-refractivity contribution is 5.76. The number of carbonyl (C=O) groups is 1. The van der Waals surface area contributed by atoms with E-state index in [0.29, 0.717) is 6.54 Å². The second kappa shape index (κ2) is 1.86. The van der Waals surface area contributed by atoms with Gasteiger partial charge in [0, 0.05) is 6.54 Å². The Morgan fingerprint density at radius 1 is 1.70 bits per heavy atom. The normalized spacial score (nSPS) is 35.8. The molecule has 0 aromatic carbocycles. The van der Waals surface area contributed by atoms with Crippen LogP contribution in [0.2, 0.25) is 0 Å². The molecule has 0 spiro atoms. The van der Waals surface area contributed by atoms with Gasteiger partial charge < -0.3 is 16.0 Å². The molecule has 0 aliphatic carbocycles. The Morgan fingerprint density at radius 2 is 2.60 bits per heavy atom. The monoisotopic (exact) mass is 140 g/mol. The third-order valence-corrected chi connectivity index (χ3v) is 1.67. The van der Waals surface area contributed by atoms with E-state index in [0.717, 1.165) is 0 Å². The van der Waals surface area contributed by atoms with Crippen LogP contribution < -0.4 is 16.0 Å². The number of urea groups is 1. The molecule has 5 heteroatoms. The average molecular weight is 140 g/mol. The molecule has 0 bridgehead atoms. The molecule has 0 radical (unpaired) electrons. The van der Waals surface area contributed by atoms with Crippen molar-refractivity contribution in [2.45, 2.75) is 12.2 Å². The molecule has 2 aliphatic heterocycles. The molecule has 2 heterocycles. The summed E-state index contributed by atoms with van der Waals surface area (Å²) < 4.78 is 0. The minimum Gasteiger partial charge on any atom is -0.368 e. The molecule has 2 unspecified atom stereocenters. The molecule has 0 aromatic rings. The van der Waals surface area contributed by atoms with Gasteiger partial charge >= 0.3 is 6.03 Å². The molecule has 2 rings (SSSR count). The van der Waals surface area contributed by atoms with Crippen LogP contribution in [-0.4, -0.2) is 31.1 Å². The smallest absolute Gasteiger partial charge is 0.316 e. The molecule has 1 saturated heterocycles. The van der Waals surface area contributed by atoms with E-state index in [2.05, 4.69) is 20.9 Å². The first-order valence-electron chi connectivity index (χ1n) is 3.18. The summed E-state index contributed by atoms with van der Waals surface area (Å²) in [4.78, 5) is 14.7. The fourth-order valence-corrected chi connectivity index (χ4v) is 1.11. The van der Waals surface area contributed by atoms with Crippen molar-refractivity contribution in [2.75, 3.05) is 6.54 Å². The molecular weight excluding hydrogens is 132 g/mol. The lowest BCUT2D eigenvalue weighted by Crippen LogP contribution is -2.58. The molecule has 1 fully saturated rings. The van der Waals surface area contributed by atoms with Crippen molar-refractivity contribution >= 4 is 12.4 Å². The van der Waals surface area contributed by atoms with E-state index in [1.54, 1.807) is 6.34 Å². The third kappa shape index (κ3) is 0.706. The number of carbonyl (C=O) groups excluding carboxylic acids is 1. The zero-order chi connectivity index (χ0) is 6.97. The standard InChI is InChI=1S/C5H8N4O/c10-5-6-1-3-4(9-5)8-2-7-3/h2-4H,1H2,(H,7,8)(H2,6,9,10). The predicted octanol–water partition coefficient (Wildman–Crippen LogP) is -1.37. The maximum Gasteiger partial charge on any atom is 0.316 e. The summed E-state index contributed by atoms with van der Waals surface area (Å²) in [5, 5.41) is 8.34.